The molecule has 0 saturated heterocycles. The minimum Gasteiger partial charge on any atom is -0.756 e. The number of carbonyl (C=O) groups excluding carboxylic acids is 2. The molecule has 462 valence electrons. The molecular weight excluding hydrogens is 990 g/mol. The third-order valence-electron chi connectivity index (χ3n) is 15.5. The average molecular weight is 1120 g/mol. The molecule has 0 rings (SSSR count). The topological polar surface area (TPSA) is 111 Å². The summed E-state index contributed by atoms with van der Waals surface area (Å²) in [6.07, 6.45) is 74.0. The van der Waals surface area contributed by atoms with Crippen molar-refractivity contribution in [2.24, 2.45) is 0 Å². The molecule has 0 aliphatic rings. The standard InChI is InChI=1S/C68H132NO8P/c1-6-8-10-12-14-16-18-20-22-24-26-28-30-31-32-33-34-35-36-37-39-41-43-45-47-49-51-53-55-57-59-61-68(71)77-66(65-76-78(72,73)75-63-62-69(3,4)5)64-74-67(70)60-58-56-54-52-50-48-46-44-42-40-38-29-27-25-23-21-19-17-15-13-11-9-7-2/h18,20,24,26,66H,6-17,19,21-23,25,27-65H2,1-5H3/b20-18-,26-24-. The zero-order valence-corrected chi connectivity index (χ0v) is 53.5. The molecule has 0 aliphatic carbocycles. The van der Waals surface area contributed by atoms with Gasteiger partial charge in [0, 0.05) is 12.8 Å². The monoisotopic (exact) mass is 1120 g/mol. The molecule has 0 bridgehead atoms. The molecule has 0 aliphatic heterocycles. The molecule has 0 aromatic heterocycles. The van der Waals surface area contributed by atoms with Crippen LogP contribution in [0.3, 0.4) is 0 Å². The van der Waals surface area contributed by atoms with Crippen molar-refractivity contribution in [3.63, 3.8) is 0 Å². The van der Waals surface area contributed by atoms with Gasteiger partial charge in [-0.3, -0.25) is 14.2 Å². The molecule has 0 aromatic rings. The molecule has 2 unspecified atom stereocenters. The van der Waals surface area contributed by atoms with Gasteiger partial charge in [-0.1, -0.05) is 314 Å². The molecule has 0 radical (unpaired) electrons. The number of unbranched alkanes of at least 4 members (excludes halogenated alkanes) is 46. The summed E-state index contributed by atoms with van der Waals surface area (Å²) in [5.41, 5.74) is 0. The van der Waals surface area contributed by atoms with Gasteiger partial charge in [0.15, 0.2) is 6.10 Å². The van der Waals surface area contributed by atoms with Gasteiger partial charge in [-0.15, -0.1) is 0 Å². The van der Waals surface area contributed by atoms with Gasteiger partial charge in [-0.25, -0.2) is 0 Å². The van der Waals surface area contributed by atoms with Crippen LogP contribution in [0.5, 0.6) is 0 Å². The molecule has 0 aromatic carbocycles. The van der Waals surface area contributed by atoms with Crippen molar-refractivity contribution < 1.29 is 42.1 Å². The van der Waals surface area contributed by atoms with E-state index in [-0.39, 0.29) is 32.0 Å². The maximum Gasteiger partial charge on any atom is 0.306 e. The van der Waals surface area contributed by atoms with Crippen LogP contribution in [0.25, 0.3) is 0 Å². The highest BCUT2D eigenvalue weighted by Gasteiger charge is 2.22. The van der Waals surface area contributed by atoms with Crippen LogP contribution in [0.1, 0.15) is 348 Å². The molecule has 0 heterocycles. The van der Waals surface area contributed by atoms with E-state index in [0.717, 1.165) is 38.5 Å². The van der Waals surface area contributed by atoms with Crippen molar-refractivity contribution in [3.8, 4) is 0 Å². The summed E-state index contributed by atoms with van der Waals surface area (Å²) in [7, 11) is 1.19. The minimum absolute atomic E-state index is 0.0268. The molecule has 10 heteroatoms. The fourth-order valence-corrected chi connectivity index (χ4v) is 10.9. The van der Waals surface area contributed by atoms with Crippen LogP contribution in [-0.2, 0) is 32.7 Å². The molecule has 0 N–H and O–H groups in total. The molecule has 2 atom stereocenters. The number of allylic oxidation sites excluding steroid dienone is 4. The Morgan fingerprint density at radius 3 is 1.01 bits per heavy atom. The summed E-state index contributed by atoms with van der Waals surface area (Å²) < 4.78 is 34.3. The van der Waals surface area contributed by atoms with E-state index in [0.29, 0.717) is 17.4 Å². The van der Waals surface area contributed by atoms with E-state index in [1.807, 2.05) is 21.1 Å². The number of hydrogen-bond acceptors (Lipinski definition) is 8. The van der Waals surface area contributed by atoms with E-state index in [9.17, 15) is 19.0 Å². The van der Waals surface area contributed by atoms with Gasteiger partial charge < -0.3 is 27.9 Å². The lowest BCUT2D eigenvalue weighted by atomic mass is 10.0. The van der Waals surface area contributed by atoms with E-state index < -0.39 is 26.5 Å². The van der Waals surface area contributed by atoms with E-state index in [4.69, 9.17) is 18.5 Å². The predicted molar refractivity (Wildman–Crippen MR) is 333 cm³/mol. The summed E-state index contributed by atoms with van der Waals surface area (Å²) >= 11 is 0. The number of nitrogens with zero attached hydrogens (tertiary/aromatic N) is 1. The summed E-state index contributed by atoms with van der Waals surface area (Å²) in [5.74, 6) is -0.809. The van der Waals surface area contributed by atoms with Crippen molar-refractivity contribution in [3.05, 3.63) is 24.3 Å². The summed E-state index contributed by atoms with van der Waals surface area (Å²) in [6, 6.07) is 0. The van der Waals surface area contributed by atoms with Crippen LogP contribution in [0.15, 0.2) is 24.3 Å². The second kappa shape index (κ2) is 60.1. The van der Waals surface area contributed by atoms with Crippen LogP contribution in [0, 0.1) is 0 Å². The predicted octanol–water partition coefficient (Wildman–Crippen LogP) is 21.1. The first kappa shape index (κ1) is 76.5. The normalized spacial score (nSPS) is 13.3. The number of quaternary nitrogens is 1. The van der Waals surface area contributed by atoms with Gasteiger partial charge >= 0.3 is 11.9 Å². The van der Waals surface area contributed by atoms with Crippen LogP contribution < -0.4 is 4.89 Å². The van der Waals surface area contributed by atoms with E-state index in [1.54, 1.807) is 0 Å². The Kier molecular flexibility index (Phi) is 58.9. The average Bonchev–Trinajstić information content (AvgIpc) is 3.40. The second-order valence-electron chi connectivity index (χ2n) is 24.6. The van der Waals surface area contributed by atoms with Crippen molar-refractivity contribution in [2.75, 3.05) is 47.5 Å². The Morgan fingerprint density at radius 2 is 0.692 bits per heavy atom. The zero-order chi connectivity index (χ0) is 57.0. The summed E-state index contributed by atoms with van der Waals surface area (Å²) in [6.45, 7) is 4.30. The Balaban J connectivity index is 4.00. The van der Waals surface area contributed by atoms with Crippen molar-refractivity contribution >= 4 is 19.8 Å². The van der Waals surface area contributed by atoms with Crippen LogP contribution in [-0.4, -0.2) is 70.0 Å². The zero-order valence-electron chi connectivity index (χ0n) is 52.6. The van der Waals surface area contributed by atoms with Crippen molar-refractivity contribution in [1.29, 1.82) is 0 Å². The number of rotatable bonds is 64. The highest BCUT2D eigenvalue weighted by Crippen LogP contribution is 2.38. The van der Waals surface area contributed by atoms with Gasteiger partial charge in [-0.05, 0) is 44.9 Å². The highest BCUT2D eigenvalue weighted by atomic mass is 31.2. The Morgan fingerprint density at radius 1 is 0.397 bits per heavy atom. The number of phosphoric acid groups is 1. The number of phosphoric ester groups is 1. The maximum absolute atomic E-state index is 12.8. The third kappa shape index (κ3) is 63.7. The smallest absolute Gasteiger partial charge is 0.306 e. The van der Waals surface area contributed by atoms with Gasteiger partial charge in [-0.2, -0.15) is 0 Å². The van der Waals surface area contributed by atoms with Gasteiger partial charge in [0.1, 0.15) is 19.8 Å². The number of ether oxygens (including phenoxy) is 2. The Hall–Kier alpha value is -1.51. The number of likely N-dealkylation sites (N-methyl/N-ethyl adjacent to an activating group) is 1. The Bertz CT molecular complexity index is 1370. The Labute approximate surface area is 485 Å². The molecule has 0 fully saturated rings. The molecule has 0 saturated carbocycles. The number of esters is 2. The lowest BCUT2D eigenvalue weighted by Gasteiger charge is -2.28. The first-order valence-corrected chi connectivity index (χ1v) is 35.5. The van der Waals surface area contributed by atoms with Crippen LogP contribution >= 0.6 is 7.82 Å². The fourth-order valence-electron chi connectivity index (χ4n) is 10.2. The summed E-state index contributed by atoms with van der Waals surface area (Å²) in [5, 5.41) is 0. The second-order valence-corrected chi connectivity index (χ2v) is 26.0. The number of carbonyl (C=O) groups is 2. The number of hydrogen-bond donors (Lipinski definition) is 0. The van der Waals surface area contributed by atoms with Crippen LogP contribution in [0.2, 0.25) is 0 Å². The molecule has 0 amide bonds. The van der Waals surface area contributed by atoms with E-state index in [1.165, 1.54) is 276 Å². The molecule has 0 spiro atoms. The molecular formula is C68H132NO8P. The largest absolute Gasteiger partial charge is 0.756 e. The van der Waals surface area contributed by atoms with Crippen molar-refractivity contribution in [1.82, 2.24) is 0 Å². The molecule has 78 heavy (non-hydrogen) atoms. The lowest BCUT2D eigenvalue weighted by molar-refractivity contribution is -0.870. The molecule has 9 nitrogen and oxygen atoms in total. The third-order valence-corrected chi connectivity index (χ3v) is 16.4. The lowest BCUT2D eigenvalue weighted by Crippen LogP contribution is -2.37. The van der Waals surface area contributed by atoms with E-state index in [2.05, 4.69) is 38.2 Å². The van der Waals surface area contributed by atoms with Crippen molar-refractivity contribution in [2.45, 2.75) is 354 Å². The minimum atomic E-state index is -4.64. The quantitative estimate of drug-likeness (QED) is 0.0195. The van der Waals surface area contributed by atoms with Crippen LogP contribution in [0.4, 0.5) is 0 Å². The first-order chi connectivity index (χ1) is 38.0. The van der Waals surface area contributed by atoms with Gasteiger partial charge in [0.2, 0.25) is 0 Å². The summed E-state index contributed by atoms with van der Waals surface area (Å²) in [4.78, 5) is 38.0. The fraction of sp³-hybridized carbons (Fsp3) is 0.912. The first-order valence-electron chi connectivity index (χ1n) is 34.0. The highest BCUT2D eigenvalue weighted by molar-refractivity contribution is 7.45. The van der Waals surface area contributed by atoms with Gasteiger partial charge in [0.05, 0.1) is 27.7 Å². The van der Waals surface area contributed by atoms with Gasteiger partial charge in [0.25, 0.3) is 7.82 Å². The maximum atomic E-state index is 12.8. The SMILES string of the molecule is CCCCCCC/C=C\C/C=C\CCCCCCCCCCCCCCCCCCCCCC(=O)OC(COC(=O)CCCCCCCCCCCCCCCCCCCCCCCCC)COP(=O)([O-])OCC[N+](C)(C)C. The van der Waals surface area contributed by atoms with E-state index >= 15 is 0 Å².